The molecular formula is C12H12N2O2. The van der Waals surface area contributed by atoms with Crippen LogP contribution in [0.5, 0.6) is 0 Å². The summed E-state index contributed by atoms with van der Waals surface area (Å²) in [4.78, 5) is 13.4. The molecule has 0 saturated carbocycles. The second kappa shape index (κ2) is 6.32. The SMILES string of the molecule is C/C(=C\COC(=O)C=[N+]=[N-])c1ccccc1. The lowest BCUT2D eigenvalue weighted by atomic mass is 10.1. The van der Waals surface area contributed by atoms with E-state index >= 15 is 0 Å². The van der Waals surface area contributed by atoms with Crippen LogP contribution in [-0.4, -0.2) is 23.6 Å². The van der Waals surface area contributed by atoms with Gasteiger partial charge in [0, 0.05) is 0 Å². The van der Waals surface area contributed by atoms with Gasteiger partial charge in [0.05, 0.1) is 0 Å². The van der Waals surface area contributed by atoms with Crippen LogP contribution in [0.1, 0.15) is 12.5 Å². The molecule has 1 rings (SSSR count). The van der Waals surface area contributed by atoms with Crippen molar-refractivity contribution in [2.75, 3.05) is 6.61 Å². The van der Waals surface area contributed by atoms with Crippen LogP contribution in [0.4, 0.5) is 0 Å². The molecule has 0 amide bonds. The highest BCUT2D eigenvalue weighted by molar-refractivity contribution is 6.20. The molecule has 0 spiro atoms. The zero-order valence-corrected chi connectivity index (χ0v) is 8.96. The summed E-state index contributed by atoms with van der Waals surface area (Å²) in [5.41, 5.74) is 10.2. The lowest BCUT2D eigenvalue weighted by Crippen LogP contribution is -2.06. The van der Waals surface area contributed by atoms with Gasteiger partial charge in [-0.15, -0.1) is 0 Å². The Morgan fingerprint density at radius 2 is 2.12 bits per heavy atom. The third-order valence-corrected chi connectivity index (χ3v) is 2.01. The van der Waals surface area contributed by atoms with Gasteiger partial charge in [-0.05, 0) is 24.1 Å². The molecule has 0 heterocycles. The van der Waals surface area contributed by atoms with Crippen molar-refractivity contribution < 1.29 is 14.3 Å². The topological polar surface area (TPSA) is 62.7 Å². The van der Waals surface area contributed by atoms with Gasteiger partial charge in [-0.25, -0.2) is 4.79 Å². The molecule has 0 aliphatic heterocycles. The fourth-order valence-electron chi connectivity index (χ4n) is 1.15. The molecule has 0 radical (unpaired) electrons. The molecule has 0 aromatic heterocycles. The number of carbonyl (C=O) groups is 1. The molecule has 0 aliphatic rings. The third kappa shape index (κ3) is 3.90. The molecule has 82 valence electrons. The number of carbonyl (C=O) groups excluding carboxylic acids is 1. The van der Waals surface area contributed by atoms with Crippen molar-refractivity contribution in [2.45, 2.75) is 6.92 Å². The van der Waals surface area contributed by atoms with Gasteiger partial charge in [0.1, 0.15) is 6.61 Å². The minimum absolute atomic E-state index is 0.158. The van der Waals surface area contributed by atoms with Crippen molar-refractivity contribution in [3.8, 4) is 0 Å². The summed E-state index contributed by atoms with van der Waals surface area (Å²) >= 11 is 0. The molecular weight excluding hydrogens is 204 g/mol. The Bertz CT molecular complexity index is 432. The molecule has 1 aromatic carbocycles. The van der Waals surface area contributed by atoms with Crippen molar-refractivity contribution in [2.24, 2.45) is 0 Å². The van der Waals surface area contributed by atoms with E-state index in [0.717, 1.165) is 11.1 Å². The van der Waals surface area contributed by atoms with Crippen LogP contribution in [0.25, 0.3) is 11.1 Å². The van der Waals surface area contributed by atoms with E-state index in [2.05, 4.69) is 4.79 Å². The van der Waals surface area contributed by atoms with E-state index in [1.54, 1.807) is 6.08 Å². The number of hydrogen-bond acceptors (Lipinski definition) is 2. The lowest BCUT2D eigenvalue weighted by Gasteiger charge is -2.00. The Morgan fingerprint density at radius 1 is 1.44 bits per heavy atom. The maximum atomic E-state index is 10.8. The minimum atomic E-state index is -0.667. The first-order valence-electron chi connectivity index (χ1n) is 4.80. The number of rotatable bonds is 4. The zero-order valence-electron chi connectivity index (χ0n) is 8.96. The summed E-state index contributed by atoms with van der Waals surface area (Å²) < 4.78 is 4.75. The van der Waals surface area contributed by atoms with Crippen LogP contribution in [0.2, 0.25) is 0 Å². The lowest BCUT2D eigenvalue weighted by molar-refractivity contribution is -0.137. The highest BCUT2D eigenvalue weighted by Crippen LogP contribution is 2.11. The van der Waals surface area contributed by atoms with Gasteiger partial charge >= 0.3 is 12.2 Å². The van der Waals surface area contributed by atoms with E-state index in [9.17, 15) is 4.79 Å². The summed E-state index contributed by atoms with van der Waals surface area (Å²) in [5.74, 6) is -0.667. The van der Waals surface area contributed by atoms with E-state index in [0.29, 0.717) is 6.21 Å². The second-order valence-corrected chi connectivity index (χ2v) is 3.13. The summed E-state index contributed by atoms with van der Waals surface area (Å²) in [6, 6.07) is 9.77. The summed E-state index contributed by atoms with van der Waals surface area (Å²) in [6.45, 7) is 2.09. The molecule has 0 fully saturated rings. The van der Waals surface area contributed by atoms with Gasteiger partial charge in [0.2, 0.25) is 0 Å². The standard InChI is InChI=1S/C12H12N2O2/c1-10(11-5-3-2-4-6-11)7-8-16-12(15)9-14-13/h2-7,9H,8H2,1H3/b10-7+. The van der Waals surface area contributed by atoms with Crippen LogP contribution in [0.3, 0.4) is 0 Å². The van der Waals surface area contributed by atoms with Gasteiger partial charge in [0.15, 0.2) is 0 Å². The van der Waals surface area contributed by atoms with Gasteiger partial charge in [-0.2, -0.15) is 4.79 Å². The summed E-state index contributed by atoms with van der Waals surface area (Å²) in [6.07, 6.45) is 2.50. The van der Waals surface area contributed by atoms with Crippen LogP contribution in [0, 0.1) is 0 Å². The molecule has 0 unspecified atom stereocenters. The predicted molar refractivity (Wildman–Crippen MR) is 60.7 cm³/mol. The zero-order chi connectivity index (χ0) is 11.8. The van der Waals surface area contributed by atoms with E-state index < -0.39 is 5.97 Å². The Labute approximate surface area is 93.8 Å². The van der Waals surface area contributed by atoms with Crippen LogP contribution in [-0.2, 0) is 9.53 Å². The van der Waals surface area contributed by atoms with E-state index in [1.807, 2.05) is 37.3 Å². The first-order valence-corrected chi connectivity index (χ1v) is 4.80. The molecule has 0 bridgehead atoms. The van der Waals surface area contributed by atoms with Crippen LogP contribution in [0.15, 0.2) is 36.4 Å². The number of esters is 1. The van der Waals surface area contributed by atoms with Crippen molar-refractivity contribution in [1.29, 1.82) is 0 Å². The molecule has 16 heavy (non-hydrogen) atoms. The molecule has 0 N–H and O–H groups in total. The van der Waals surface area contributed by atoms with E-state index in [1.165, 1.54) is 0 Å². The number of nitrogens with zero attached hydrogens (tertiary/aromatic N) is 2. The Morgan fingerprint density at radius 3 is 2.75 bits per heavy atom. The van der Waals surface area contributed by atoms with Gasteiger partial charge in [-0.1, -0.05) is 30.3 Å². The molecule has 4 nitrogen and oxygen atoms in total. The highest BCUT2D eigenvalue weighted by atomic mass is 16.5. The van der Waals surface area contributed by atoms with Gasteiger partial charge < -0.3 is 10.3 Å². The maximum absolute atomic E-state index is 10.8. The maximum Gasteiger partial charge on any atom is 0.413 e. The minimum Gasteiger partial charge on any atom is -0.453 e. The van der Waals surface area contributed by atoms with Gasteiger partial charge in [-0.3, -0.25) is 0 Å². The molecule has 0 aliphatic carbocycles. The van der Waals surface area contributed by atoms with Crippen LogP contribution < -0.4 is 0 Å². The molecule has 1 aromatic rings. The monoisotopic (exact) mass is 216 g/mol. The van der Waals surface area contributed by atoms with E-state index in [4.69, 9.17) is 10.3 Å². The van der Waals surface area contributed by atoms with Crippen molar-refractivity contribution in [1.82, 2.24) is 0 Å². The highest BCUT2D eigenvalue weighted by Gasteiger charge is 2.01. The number of allylic oxidation sites excluding steroid dienone is 1. The van der Waals surface area contributed by atoms with Crippen LogP contribution >= 0.6 is 0 Å². The summed E-state index contributed by atoms with van der Waals surface area (Å²) in [7, 11) is 0. The third-order valence-electron chi connectivity index (χ3n) is 2.01. The van der Waals surface area contributed by atoms with E-state index in [-0.39, 0.29) is 6.61 Å². The molecule has 0 atom stereocenters. The number of ether oxygens (including phenoxy) is 1. The first kappa shape index (κ1) is 11.9. The summed E-state index contributed by atoms with van der Waals surface area (Å²) in [5, 5.41) is 0. The predicted octanol–water partition coefficient (Wildman–Crippen LogP) is 1.93. The fraction of sp³-hybridized carbons (Fsp3) is 0.167. The average Bonchev–Trinajstić information content (AvgIpc) is 2.30. The largest absolute Gasteiger partial charge is 0.453 e. The van der Waals surface area contributed by atoms with Crippen molar-refractivity contribution in [3.63, 3.8) is 0 Å². The molecule has 0 saturated heterocycles. The first-order chi connectivity index (χ1) is 7.74. The quantitative estimate of drug-likeness (QED) is 0.334. The average molecular weight is 216 g/mol. The van der Waals surface area contributed by atoms with Gasteiger partial charge in [0.25, 0.3) is 0 Å². The molecule has 4 heteroatoms. The Balaban J connectivity index is 2.52. The normalized spacial score (nSPS) is 10.4. The fourth-order valence-corrected chi connectivity index (χ4v) is 1.15. The Kier molecular flexibility index (Phi) is 4.70. The smallest absolute Gasteiger partial charge is 0.413 e. The van der Waals surface area contributed by atoms with Crippen molar-refractivity contribution in [3.05, 3.63) is 47.5 Å². The van der Waals surface area contributed by atoms with Crippen molar-refractivity contribution >= 4 is 17.8 Å². The Hall–Kier alpha value is -2.19. The second-order valence-electron chi connectivity index (χ2n) is 3.13. The number of benzene rings is 1. The number of hydrogen-bond donors (Lipinski definition) is 0.